The number of amides is 1. The largest absolute Gasteiger partial charge is 0.447 e. The average Bonchev–Trinajstić information content (AvgIpc) is 3.32. The van der Waals surface area contributed by atoms with Crippen LogP contribution in [0.3, 0.4) is 0 Å². The maximum atomic E-state index is 12.1. The monoisotopic (exact) mass is 443 g/mol. The molecule has 1 fully saturated rings. The van der Waals surface area contributed by atoms with E-state index in [0.29, 0.717) is 22.5 Å². The number of anilines is 2. The summed E-state index contributed by atoms with van der Waals surface area (Å²) in [5, 5.41) is 13.7. The first-order valence-corrected chi connectivity index (χ1v) is 10.2. The molecule has 0 saturated carbocycles. The fourth-order valence-electron chi connectivity index (χ4n) is 3.33. The van der Waals surface area contributed by atoms with Crippen molar-refractivity contribution in [1.29, 1.82) is 0 Å². The van der Waals surface area contributed by atoms with Gasteiger partial charge in [0, 0.05) is 16.8 Å². The number of aryl methyl sites for hydroxylation is 1. The van der Waals surface area contributed by atoms with Gasteiger partial charge >= 0.3 is 6.09 Å². The first-order valence-electron chi connectivity index (χ1n) is 9.80. The Bertz CT molecular complexity index is 1090. The SMILES string of the molecule is Cc1nc(C(C)Nc2nccc(N3C(=O)OCC3[C@@H](C)O)n2)oc1-c1ccc(Cl)cc1. The number of hydrogen-bond acceptors (Lipinski definition) is 8. The van der Waals surface area contributed by atoms with Gasteiger partial charge in [-0.2, -0.15) is 4.98 Å². The number of oxazole rings is 1. The van der Waals surface area contributed by atoms with Crippen LogP contribution in [0.2, 0.25) is 5.02 Å². The topological polar surface area (TPSA) is 114 Å². The Hall–Kier alpha value is -3.17. The van der Waals surface area contributed by atoms with E-state index >= 15 is 0 Å². The highest BCUT2D eigenvalue weighted by Gasteiger charge is 2.38. The number of carbonyl (C=O) groups is 1. The third-order valence-electron chi connectivity index (χ3n) is 4.99. The molecule has 3 atom stereocenters. The van der Waals surface area contributed by atoms with Crippen LogP contribution in [0.25, 0.3) is 11.3 Å². The minimum Gasteiger partial charge on any atom is -0.447 e. The van der Waals surface area contributed by atoms with Crippen LogP contribution >= 0.6 is 11.6 Å². The predicted molar refractivity (Wildman–Crippen MR) is 115 cm³/mol. The van der Waals surface area contributed by atoms with E-state index in [1.807, 2.05) is 26.0 Å². The van der Waals surface area contributed by atoms with E-state index in [2.05, 4.69) is 20.3 Å². The van der Waals surface area contributed by atoms with Crippen LogP contribution in [0, 0.1) is 6.92 Å². The average molecular weight is 444 g/mol. The van der Waals surface area contributed by atoms with Gasteiger partial charge in [-0.3, -0.25) is 4.90 Å². The summed E-state index contributed by atoms with van der Waals surface area (Å²) in [6.45, 7) is 5.44. The number of cyclic esters (lactones) is 1. The minimum atomic E-state index is -0.765. The summed E-state index contributed by atoms with van der Waals surface area (Å²) in [5.74, 6) is 1.76. The Morgan fingerprint density at radius 3 is 2.68 bits per heavy atom. The molecule has 1 aliphatic rings. The van der Waals surface area contributed by atoms with E-state index in [0.717, 1.165) is 11.3 Å². The second-order valence-corrected chi connectivity index (χ2v) is 7.77. The molecule has 0 spiro atoms. The van der Waals surface area contributed by atoms with Crippen molar-refractivity contribution in [2.75, 3.05) is 16.8 Å². The van der Waals surface area contributed by atoms with E-state index in [4.69, 9.17) is 20.8 Å². The molecule has 2 aromatic heterocycles. The van der Waals surface area contributed by atoms with E-state index in [9.17, 15) is 9.90 Å². The Morgan fingerprint density at radius 1 is 1.23 bits per heavy atom. The third kappa shape index (κ3) is 4.33. The van der Waals surface area contributed by atoms with Gasteiger partial charge in [0.15, 0.2) is 5.76 Å². The van der Waals surface area contributed by atoms with Crippen LogP contribution in [0.4, 0.5) is 16.6 Å². The molecule has 10 heteroatoms. The standard InChI is InChI=1S/C21H22ClN5O4/c1-11-18(14-4-6-15(22)7-5-14)31-19(24-11)12(2)25-20-23-9-8-17(26-20)27-16(13(3)28)10-30-21(27)29/h4-9,12-13,16,28H,10H2,1-3H3,(H,23,25,26)/t12?,13-,16?/m1/s1. The normalized spacial score (nSPS) is 18.0. The van der Waals surface area contributed by atoms with Crippen LogP contribution < -0.4 is 10.2 Å². The van der Waals surface area contributed by atoms with E-state index in [-0.39, 0.29) is 18.6 Å². The van der Waals surface area contributed by atoms with Crippen LogP contribution in [0.5, 0.6) is 0 Å². The van der Waals surface area contributed by atoms with Gasteiger partial charge in [0.1, 0.15) is 24.5 Å². The fourth-order valence-corrected chi connectivity index (χ4v) is 3.46. The summed E-state index contributed by atoms with van der Waals surface area (Å²) in [6, 6.07) is 8.08. The van der Waals surface area contributed by atoms with Gasteiger partial charge in [0.25, 0.3) is 0 Å². The first-order chi connectivity index (χ1) is 14.8. The van der Waals surface area contributed by atoms with Crippen LogP contribution in [-0.2, 0) is 4.74 Å². The first kappa shape index (κ1) is 21.1. The summed E-state index contributed by atoms with van der Waals surface area (Å²) in [5.41, 5.74) is 1.63. The quantitative estimate of drug-likeness (QED) is 0.588. The van der Waals surface area contributed by atoms with Crippen LogP contribution in [0.1, 0.15) is 31.5 Å². The molecule has 9 nitrogen and oxygen atoms in total. The maximum Gasteiger partial charge on any atom is 0.416 e. The molecule has 31 heavy (non-hydrogen) atoms. The van der Waals surface area contributed by atoms with Gasteiger partial charge < -0.3 is 19.6 Å². The number of rotatable bonds is 6. The molecular formula is C21H22ClN5O4. The Kier molecular flexibility index (Phi) is 5.79. The lowest BCUT2D eigenvalue weighted by Crippen LogP contribution is -2.41. The molecule has 0 bridgehead atoms. The van der Waals surface area contributed by atoms with Crippen LogP contribution in [-0.4, -0.2) is 44.9 Å². The number of halogens is 1. The van der Waals surface area contributed by atoms with Gasteiger partial charge in [-0.15, -0.1) is 0 Å². The van der Waals surface area contributed by atoms with Gasteiger partial charge in [0.2, 0.25) is 11.8 Å². The molecule has 162 valence electrons. The number of benzene rings is 1. The van der Waals surface area contributed by atoms with Gasteiger partial charge in [-0.05, 0) is 51.1 Å². The number of nitrogens with one attached hydrogen (secondary N) is 1. The van der Waals surface area contributed by atoms with E-state index in [1.54, 1.807) is 25.1 Å². The molecule has 1 aliphatic heterocycles. The van der Waals surface area contributed by atoms with Crippen molar-refractivity contribution in [3.05, 3.63) is 53.1 Å². The third-order valence-corrected chi connectivity index (χ3v) is 5.24. The molecule has 1 aromatic carbocycles. The summed E-state index contributed by atoms with van der Waals surface area (Å²) in [4.78, 5) is 26.6. The molecule has 3 aromatic rings. The zero-order chi connectivity index (χ0) is 22.1. The van der Waals surface area contributed by atoms with E-state index < -0.39 is 18.2 Å². The van der Waals surface area contributed by atoms with Crippen molar-refractivity contribution in [3.63, 3.8) is 0 Å². The maximum absolute atomic E-state index is 12.1. The van der Waals surface area contributed by atoms with Crippen molar-refractivity contribution in [1.82, 2.24) is 15.0 Å². The molecule has 1 amide bonds. The molecule has 1 saturated heterocycles. The Morgan fingerprint density at radius 2 is 1.97 bits per heavy atom. The Labute approximate surface area is 184 Å². The predicted octanol–water partition coefficient (Wildman–Crippen LogP) is 3.97. The summed E-state index contributed by atoms with van der Waals surface area (Å²) in [6.07, 6.45) is 0.208. The number of aromatic nitrogens is 3. The van der Waals surface area contributed by atoms with E-state index in [1.165, 1.54) is 11.1 Å². The number of nitrogens with zero attached hydrogens (tertiary/aromatic N) is 4. The smallest absolute Gasteiger partial charge is 0.416 e. The second-order valence-electron chi connectivity index (χ2n) is 7.33. The highest BCUT2D eigenvalue weighted by Crippen LogP contribution is 2.29. The number of hydrogen-bond donors (Lipinski definition) is 2. The van der Waals surface area contributed by atoms with Crippen molar-refractivity contribution in [3.8, 4) is 11.3 Å². The molecule has 4 rings (SSSR count). The molecule has 0 radical (unpaired) electrons. The highest BCUT2D eigenvalue weighted by atomic mass is 35.5. The number of aliphatic hydroxyl groups is 1. The molecule has 3 heterocycles. The summed E-state index contributed by atoms with van der Waals surface area (Å²) >= 11 is 5.96. The van der Waals surface area contributed by atoms with Crippen molar-refractivity contribution < 1.29 is 19.1 Å². The molecule has 2 unspecified atom stereocenters. The Balaban J connectivity index is 1.54. The molecule has 0 aliphatic carbocycles. The summed E-state index contributed by atoms with van der Waals surface area (Å²) in [7, 11) is 0. The lowest BCUT2D eigenvalue weighted by Gasteiger charge is -2.22. The highest BCUT2D eigenvalue weighted by molar-refractivity contribution is 6.30. The lowest BCUT2D eigenvalue weighted by molar-refractivity contribution is 0.142. The van der Waals surface area contributed by atoms with Gasteiger partial charge in [-0.1, -0.05) is 11.6 Å². The van der Waals surface area contributed by atoms with Crippen molar-refractivity contribution >= 4 is 29.5 Å². The minimum absolute atomic E-state index is 0.0999. The lowest BCUT2D eigenvalue weighted by atomic mass is 10.1. The second kappa shape index (κ2) is 8.52. The molecular weight excluding hydrogens is 422 g/mol. The number of aliphatic hydroxyl groups excluding tert-OH is 1. The van der Waals surface area contributed by atoms with Crippen LogP contribution in [0.15, 0.2) is 40.9 Å². The van der Waals surface area contributed by atoms with Crippen molar-refractivity contribution in [2.45, 2.75) is 39.0 Å². The summed E-state index contributed by atoms with van der Waals surface area (Å²) < 4.78 is 11.0. The van der Waals surface area contributed by atoms with Gasteiger partial charge in [0.05, 0.1) is 11.8 Å². The van der Waals surface area contributed by atoms with Crippen molar-refractivity contribution in [2.24, 2.45) is 0 Å². The zero-order valence-electron chi connectivity index (χ0n) is 17.2. The number of carbonyl (C=O) groups excluding carboxylic acids is 1. The molecule has 2 N–H and O–H groups in total. The number of ether oxygens (including phenoxy) is 1. The fraction of sp³-hybridized carbons (Fsp3) is 0.333. The zero-order valence-corrected chi connectivity index (χ0v) is 18.0. The van der Waals surface area contributed by atoms with Gasteiger partial charge in [-0.25, -0.2) is 14.8 Å².